The van der Waals surface area contributed by atoms with E-state index in [0.717, 1.165) is 31.2 Å². The molecule has 0 aliphatic rings. The molecule has 0 spiro atoms. The molecule has 146 valence electrons. The minimum Gasteiger partial charge on any atom is -0.349 e. The SMILES string of the molecule is CCCC(CCC)NC(=O)c1cccc(CCCNC(=O)C(F)(F)F)c1. The van der Waals surface area contributed by atoms with E-state index < -0.39 is 12.1 Å². The van der Waals surface area contributed by atoms with E-state index in [2.05, 4.69) is 19.2 Å². The first kappa shape index (κ1) is 22.0. The molecule has 0 saturated heterocycles. The van der Waals surface area contributed by atoms with Crippen LogP contribution < -0.4 is 10.6 Å². The van der Waals surface area contributed by atoms with Gasteiger partial charge in [0.25, 0.3) is 5.91 Å². The maximum absolute atomic E-state index is 12.4. The summed E-state index contributed by atoms with van der Waals surface area (Å²) < 4.78 is 36.3. The first-order valence-corrected chi connectivity index (χ1v) is 9.02. The second-order valence-electron chi connectivity index (χ2n) is 6.31. The van der Waals surface area contributed by atoms with Crippen molar-refractivity contribution in [3.63, 3.8) is 0 Å². The molecular weight excluding hydrogens is 345 g/mol. The molecule has 0 aliphatic heterocycles. The van der Waals surface area contributed by atoms with Gasteiger partial charge in [0.15, 0.2) is 0 Å². The number of nitrogens with one attached hydrogen (secondary N) is 2. The summed E-state index contributed by atoms with van der Waals surface area (Å²) in [7, 11) is 0. The molecule has 0 unspecified atom stereocenters. The zero-order valence-corrected chi connectivity index (χ0v) is 15.3. The Morgan fingerprint density at radius 1 is 1.12 bits per heavy atom. The van der Waals surface area contributed by atoms with Crippen molar-refractivity contribution in [3.05, 3.63) is 35.4 Å². The van der Waals surface area contributed by atoms with Crippen LogP contribution in [0.25, 0.3) is 0 Å². The molecular formula is C19H27F3N2O2. The second-order valence-corrected chi connectivity index (χ2v) is 6.31. The van der Waals surface area contributed by atoms with Crippen LogP contribution in [0.3, 0.4) is 0 Å². The summed E-state index contributed by atoms with van der Waals surface area (Å²) >= 11 is 0. The number of alkyl halides is 3. The Morgan fingerprint density at radius 3 is 2.35 bits per heavy atom. The maximum Gasteiger partial charge on any atom is 0.471 e. The van der Waals surface area contributed by atoms with Gasteiger partial charge in [-0.05, 0) is 43.4 Å². The van der Waals surface area contributed by atoms with Crippen molar-refractivity contribution in [1.82, 2.24) is 10.6 Å². The summed E-state index contributed by atoms with van der Waals surface area (Å²) in [5, 5.41) is 4.88. The fraction of sp³-hybridized carbons (Fsp3) is 0.579. The summed E-state index contributed by atoms with van der Waals surface area (Å²) in [4.78, 5) is 23.1. The van der Waals surface area contributed by atoms with E-state index in [0.29, 0.717) is 18.4 Å². The van der Waals surface area contributed by atoms with Gasteiger partial charge in [-0.1, -0.05) is 38.8 Å². The number of hydrogen-bond acceptors (Lipinski definition) is 2. The second kappa shape index (κ2) is 10.8. The van der Waals surface area contributed by atoms with Gasteiger partial charge in [0, 0.05) is 18.2 Å². The molecule has 7 heteroatoms. The molecule has 0 heterocycles. The maximum atomic E-state index is 12.4. The number of benzene rings is 1. The lowest BCUT2D eigenvalue weighted by Crippen LogP contribution is -2.37. The molecule has 1 aromatic rings. The van der Waals surface area contributed by atoms with Crippen LogP contribution in [-0.2, 0) is 11.2 Å². The van der Waals surface area contributed by atoms with Crippen molar-refractivity contribution < 1.29 is 22.8 Å². The van der Waals surface area contributed by atoms with Gasteiger partial charge in [0.1, 0.15) is 0 Å². The van der Waals surface area contributed by atoms with Gasteiger partial charge in [-0.25, -0.2) is 0 Å². The highest BCUT2D eigenvalue weighted by molar-refractivity contribution is 5.94. The molecule has 0 bridgehead atoms. The number of halogens is 3. The monoisotopic (exact) mass is 372 g/mol. The third-order valence-electron chi connectivity index (χ3n) is 3.98. The highest BCUT2D eigenvalue weighted by Gasteiger charge is 2.38. The van der Waals surface area contributed by atoms with Crippen molar-refractivity contribution in [1.29, 1.82) is 0 Å². The third kappa shape index (κ3) is 7.89. The third-order valence-corrected chi connectivity index (χ3v) is 3.98. The molecule has 0 radical (unpaired) electrons. The standard InChI is InChI=1S/C19H27F3N2O2/c1-3-7-16(8-4-2)24-17(25)15-11-5-9-14(13-15)10-6-12-23-18(26)19(20,21)22/h5,9,11,13,16H,3-4,6-8,10,12H2,1-2H3,(H,23,26)(H,24,25). The molecule has 1 aromatic carbocycles. The number of carbonyl (C=O) groups excluding carboxylic acids is 2. The van der Waals surface area contributed by atoms with Gasteiger partial charge in [0.05, 0.1) is 0 Å². The van der Waals surface area contributed by atoms with Gasteiger partial charge < -0.3 is 10.6 Å². The van der Waals surface area contributed by atoms with Crippen LogP contribution >= 0.6 is 0 Å². The van der Waals surface area contributed by atoms with Crippen LogP contribution in [0.15, 0.2) is 24.3 Å². The normalized spacial score (nSPS) is 11.5. The molecule has 0 aromatic heterocycles. The predicted octanol–water partition coefficient (Wildman–Crippen LogP) is 4.00. The number of aryl methyl sites for hydroxylation is 1. The summed E-state index contributed by atoms with van der Waals surface area (Å²) in [6.45, 7) is 4.09. The average Bonchev–Trinajstić information content (AvgIpc) is 2.58. The van der Waals surface area contributed by atoms with Crippen molar-refractivity contribution in [2.45, 2.75) is 64.6 Å². The molecule has 4 nitrogen and oxygen atoms in total. The quantitative estimate of drug-likeness (QED) is 0.610. The fourth-order valence-electron chi connectivity index (χ4n) is 2.72. The number of hydrogen-bond donors (Lipinski definition) is 2. The smallest absolute Gasteiger partial charge is 0.349 e. The lowest BCUT2D eigenvalue weighted by atomic mass is 10.0. The Bertz CT molecular complexity index is 582. The summed E-state index contributed by atoms with van der Waals surface area (Å²) in [5.74, 6) is -2.06. The minimum absolute atomic E-state index is 0.0656. The summed E-state index contributed by atoms with van der Waals surface area (Å²) in [6.07, 6.45) is -0.168. The number of amides is 2. The number of carbonyl (C=O) groups is 2. The molecule has 0 saturated carbocycles. The lowest BCUT2D eigenvalue weighted by Gasteiger charge is -2.17. The Morgan fingerprint density at radius 2 is 1.77 bits per heavy atom. The Kier molecular flexibility index (Phi) is 9.16. The van der Waals surface area contributed by atoms with Gasteiger partial charge in [-0.3, -0.25) is 9.59 Å². The van der Waals surface area contributed by atoms with E-state index in [9.17, 15) is 22.8 Å². The van der Waals surface area contributed by atoms with Crippen molar-refractivity contribution in [2.75, 3.05) is 6.54 Å². The Hall–Kier alpha value is -2.05. The molecule has 1 rings (SSSR count). The topological polar surface area (TPSA) is 58.2 Å². The largest absolute Gasteiger partial charge is 0.471 e. The molecule has 26 heavy (non-hydrogen) atoms. The van der Waals surface area contributed by atoms with Crippen LogP contribution in [-0.4, -0.2) is 30.6 Å². The van der Waals surface area contributed by atoms with Crippen LogP contribution in [0.1, 0.15) is 61.9 Å². The van der Waals surface area contributed by atoms with E-state index in [1.807, 2.05) is 11.4 Å². The molecule has 0 atom stereocenters. The summed E-state index contributed by atoms with van der Waals surface area (Å²) in [6, 6.07) is 7.19. The molecule has 2 amide bonds. The van der Waals surface area contributed by atoms with Gasteiger partial charge in [0.2, 0.25) is 0 Å². The first-order valence-electron chi connectivity index (χ1n) is 9.02. The highest BCUT2D eigenvalue weighted by atomic mass is 19.4. The molecule has 0 fully saturated rings. The highest BCUT2D eigenvalue weighted by Crippen LogP contribution is 2.14. The lowest BCUT2D eigenvalue weighted by molar-refractivity contribution is -0.173. The first-order chi connectivity index (χ1) is 12.3. The zero-order valence-electron chi connectivity index (χ0n) is 15.3. The van der Waals surface area contributed by atoms with E-state index >= 15 is 0 Å². The predicted molar refractivity (Wildman–Crippen MR) is 94.9 cm³/mol. The van der Waals surface area contributed by atoms with E-state index in [-0.39, 0.29) is 18.5 Å². The van der Waals surface area contributed by atoms with Crippen molar-refractivity contribution in [2.24, 2.45) is 0 Å². The van der Waals surface area contributed by atoms with E-state index in [1.54, 1.807) is 18.2 Å². The van der Waals surface area contributed by atoms with Crippen molar-refractivity contribution >= 4 is 11.8 Å². The van der Waals surface area contributed by atoms with E-state index in [1.165, 1.54) is 0 Å². The number of rotatable bonds is 10. The zero-order chi connectivity index (χ0) is 19.6. The van der Waals surface area contributed by atoms with Gasteiger partial charge in [-0.15, -0.1) is 0 Å². The van der Waals surface area contributed by atoms with Crippen LogP contribution in [0.2, 0.25) is 0 Å². The van der Waals surface area contributed by atoms with Crippen LogP contribution in [0.5, 0.6) is 0 Å². The average molecular weight is 372 g/mol. The van der Waals surface area contributed by atoms with Crippen LogP contribution in [0, 0.1) is 0 Å². The summed E-state index contributed by atoms with van der Waals surface area (Å²) in [5.41, 5.74) is 1.39. The fourth-order valence-corrected chi connectivity index (χ4v) is 2.72. The van der Waals surface area contributed by atoms with E-state index in [4.69, 9.17) is 0 Å². The van der Waals surface area contributed by atoms with Gasteiger partial charge in [-0.2, -0.15) is 13.2 Å². The van der Waals surface area contributed by atoms with Crippen molar-refractivity contribution in [3.8, 4) is 0 Å². The molecule has 0 aliphatic carbocycles. The Balaban J connectivity index is 2.53. The minimum atomic E-state index is -4.86. The Labute approximate surface area is 152 Å². The molecule has 2 N–H and O–H groups in total. The van der Waals surface area contributed by atoms with Crippen LogP contribution in [0.4, 0.5) is 13.2 Å². The van der Waals surface area contributed by atoms with Gasteiger partial charge >= 0.3 is 12.1 Å².